The lowest BCUT2D eigenvalue weighted by atomic mass is 10.2. The Morgan fingerprint density at radius 3 is 3.05 bits per heavy atom. The summed E-state index contributed by atoms with van der Waals surface area (Å²) >= 11 is 10.3. The summed E-state index contributed by atoms with van der Waals surface area (Å²) in [5, 5.41) is 19.1. The van der Waals surface area contributed by atoms with Crippen molar-refractivity contribution in [1.82, 2.24) is 5.32 Å². The lowest BCUT2D eigenvalue weighted by Crippen LogP contribution is -2.26. The van der Waals surface area contributed by atoms with E-state index in [9.17, 15) is 9.59 Å². The molecule has 9 heteroatoms. The molecule has 0 bridgehead atoms. The third-order valence-corrected chi connectivity index (χ3v) is 4.47. The van der Waals surface area contributed by atoms with Crippen LogP contribution in [0.15, 0.2) is 32.9 Å². The van der Waals surface area contributed by atoms with Crippen LogP contribution in [0.1, 0.15) is 12.0 Å². The van der Waals surface area contributed by atoms with E-state index in [0.29, 0.717) is 5.02 Å². The van der Waals surface area contributed by atoms with Crippen LogP contribution >= 0.6 is 39.3 Å². The number of thioether (sulfide) groups is 1. The van der Waals surface area contributed by atoms with Crippen LogP contribution in [-0.2, 0) is 9.59 Å². The Morgan fingerprint density at radius 2 is 2.33 bits per heavy atom. The van der Waals surface area contributed by atoms with Gasteiger partial charge in [0.25, 0.3) is 0 Å². The summed E-state index contributed by atoms with van der Waals surface area (Å²) in [5.41, 5.74) is 0.739. The third kappa shape index (κ3) is 4.55. The number of carboxylic acid groups (broad SMARTS) is 1. The van der Waals surface area contributed by atoms with Gasteiger partial charge in [0.2, 0.25) is 5.91 Å². The smallest absolute Gasteiger partial charge is 0.305 e. The molecule has 1 aromatic rings. The number of aliphatic carboxylic acids is 1. The Balaban J connectivity index is 2.05. The van der Waals surface area contributed by atoms with E-state index in [1.165, 1.54) is 6.21 Å². The predicted octanol–water partition coefficient (Wildman–Crippen LogP) is 2.50. The number of benzene rings is 1. The number of halogens is 2. The minimum atomic E-state index is -1.03. The fourth-order valence-electron chi connectivity index (χ4n) is 1.50. The van der Waals surface area contributed by atoms with Gasteiger partial charge in [0, 0.05) is 15.1 Å². The second-order valence-corrected chi connectivity index (χ2v) is 6.49. The van der Waals surface area contributed by atoms with Gasteiger partial charge in [0.05, 0.1) is 12.6 Å². The van der Waals surface area contributed by atoms with Gasteiger partial charge < -0.3 is 10.4 Å². The first kappa shape index (κ1) is 16.0. The molecule has 1 atom stereocenters. The number of hydrogen-bond acceptors (Lipinski definition) is 5. The van der Waals surface area contributed by atoms with Crippen molar-refractivity contribution in [3.05, 3.63) is 33.3 Å². The van der Waals surface area contributed by atoms with E-state index in [2.05, 4.69) is 31.4 Å². The number of carboxylic acids is 1. The van der Waals surface area contributed by atoms with Crippen molar-refractivity contribution >= 4 is 62.6 Å². The van der Waals surface area contributed by atoms with Gasteiger partial charge in [0.1, 0.15) is 5.25 Å². The standard InChI is InChI=1S/C12H9BrClN3O3S/c13-8-2-1-7(14)3-6(8)5-15-17-12-16-11(20)9(21-12)4-10(18)19/h1-3,5,9H,4H2,(H,18,19)(H,16,17,20). The van der Waals surface area contributed by atoms with Crippen LogP contribution in [0.3, 0.4) is 0 Å². The minimum absolute atomic E-state index is 0.251. The molecule has 1 aliphatic rings. The lowest BCUT2D eigenvalue weighted by Gasteiger charge is -1.98. The monoisotopic (exact) mass is 389 g/mol. The molecule has 1 aliphatic heterocycles. The molecule has 1 heterocycles. The zero-order valence-electron chi connectivity index (χ0n) is 10.4. The predicted molar refractivity (Wildman–Crippen MR) is 86.0 cm³/mol. The number of nitrogens with zero attached hydrogens (tertiary/aromatic N) is 2. The number of amidine groups is 1. The maximum Gasteiger partial charge on any atom is 0.305 e. The van der Waals surface area contributed by atoms with Crippen LogP contribution in [0.25, 0.3) is 0 Å². The molecule has 1 unspecified atom stereocenters. The Kier molecular flexibility index (Phi) is 5.38. The van der Waals surface area contributed by atoms with Crippen molar-refractivity contribution in [1.29, 1.82) is 0 Å². The van der Waals surface area contributed by atoms with Gasteiger partial charge in [-0.3, -0.25) is 9.59 Å². The van der Waals surface area contributed by atoms with E-state index >= 15 is 0 Å². The van der Waals surface area contributed by atoms with Crippen LogP contribution in [0.5, 0.6) is 0 Å². The molecular weight excluding hydrogens is 382 g/mol. The van der Waals surface area contributed by atoms with Crippen molar-refractivity contribution in [2.24, 2.45) is 10.2 Å². The highest BCUT2D eigenvalue weighted by atomic mass is 79.9. The van der Waals surface area contributed by atoms with E-state index in [-0.39, 0.29) is 17.5 Å². The van der Waals surface area contributed by atoms with E-state index < -0.39 is 11.2 Å². The highest BCUT2D eigenvalue weighted by Gasteiger charge is 2.32. The van der Waals surface area contributed by atoms with Gasteiger partial charge in [-0.1, -0.05) is 39.3 Å². The third-order valence-electron chi connectivity index (χ3n) is 2.44. The van der Waals surface area contributed by atoms with E-state index in [0.717, 1.165) is 21.8 Å². The molecule has 0 saturated carbocycles. The van der Waals surface area contributed by atoms with Crippen molar-refractivity contribution in [3.8, 4) is 0 Å². The Bertz CT molecular complexity index is 651. The molecule has 0 spiro atoms. The Hall–Kier alpha value is -1.38. The fraction of sp³-hybridized carbons (Fsp3) is 0.167. The highest BCUT2D eigenvalue weighted by Crippen LogP contribution is 2.23. The summed E-state index contributed by atoms with van der Waals surface area (Å²) in [4.78, 5) is 22.1. The van der Waals surface area contributed by atoms with Crippen LogP contribution in [-0.4, -0.2) is 33.6 Å². The molecule has 0 radical (unpaired) electrons. The summed E-state index contributed by atoms with van der Waals surface area (Å²) in [6.07, 6.45) is 1.24. The molecule has 0 aliphatic carbocycles. The number of hydrogen-bond donors (Lipinski definition) is 2. The van der Waals surface area contributed by atoms with Gasteiger partial charge in [-0.2, -0.15) is 5.10 Å². The van der Waals surface area contributed by atoms with Crippen LogP contribution < -0.4 is 5.32 Å². The molecule has 1 saturated heterocycles. The Labute approximate surface area is 137 Å². The first-order valence-electron chi connectivity index (χ1n) is 5.71. The van der Waals surface area contributed by atoms with Crippen molar-refractivity contribution < 1.29 is 14.7 Å². The summed E-state index contributed by atoms with van der Waals surface area (Å²) < 4.78 is 0.808. The molecule has 2 rings (SSSR count). The molecule has 110 valence electrons. The van der Waals surface area contributed by atoms with Gasteiger partial charge >= 0.3 is 5.97 Å². The number of carbonyl (C=O) groups excluding carboxylic acids is 1. The number of nitrogens with one attached hydrogen (secondary N) is 1. The van der Waals surface area contributed by atoms with E-state index in [1.54, 1.807) is 18.2 Å². The second kappa shape index (κ2) is 7.06. The van der Waals surface area contributed by atoms with Gasteiger partial charge in [0.15, 0.2) is 5.17 Å². The van der Waals surface area contributed by atoms with Crippen molar-refractivity contribution in [2.75, 3.05) is 0 Å². The largest absolute Gasteiger partial charge is 0.481 e. The summed E-state index contributed by atoms with van der Waals surface area (Å²) in [7, 11) is 0. The molecule has 1 aromatic carbocycles. The quantitative estimate of drug-likeness (QED) is 0.610. The number of rotatable bonds is 4. The van der Waals surface area contributed by atoms with Gasteiger partial charge in [-0.05, 0) is 18.2 Å². The molecule has 1 fully saturated rings. The minimum Gasteiger partial charge on any atom is -0.481 e. The van der Waals surface area contributed by atoms with E-state index in [1.807, 2.05) is 0 Å². The SMILES string of the molecule is O=C(O)CC1SC(=NN=Cc2cc(Cl)ccc2Br)NC1=O. The summed E-state index contributed by atoms with van der Waals surface area (Å²) in [5.74, 6) is -1.41. The first-order chi connectivity index (χ1) is 9.95. The zero-order chi connectivity index (χ0) is 15.4. The molecule has 6 nitrogen and oxygen atoms in total. The lowest BCUT2D eigenvalue weighted by molar-refractivity contribution is -0.138. The summed E-state index contributed by atoms with van der Waals surface area (Å²) in [6, 6.07) is 5.23. The topological polar surface area (TPSA) is 91.1 Å². The number of carbonyl (C=O) groups is 2. The molecule has 0 aromatic heterocycles. The van der Waals surface area contributed by atoms with E-state index in [4.69, 9.17) is 16.7 Å². The average molecular weight is 391 g/mol. The van der Waals surface area contributed by atoms with Crippen molar-refractivity contribution in [3.63, 3.8) is 0 Å². The normalized spacial score (nSPS) is 20.2. The maximum atomic E-state index is 11.5. The molecule has 1 amide bonds. The molecule has 21 heavy (non-hydrogen) atoms. The van der Waals surface area contributed by atoms with Gasteiger partial charge in [-0.15, -0.1) is 5.10 Å². The summed E-state index contributed by atoms with van der Waals surface area (Å²) in [6.45, 7) is 0. The van der Waals surface area contributed by atoms with Gasteiger partial charge in [-0.25, -0.2) is 0 Å². The van der Waals surface area contributed by atoms with Crippen LogP contribution in [0.2, 0.25) is 5.02 Å². The number of amides is 1. The molecule has 2 N–H and O–H groups in total. The highest BCUT2D eigenvalue weighted by molar-refractivity contribution is 9.10. The zero-order valence-corrected chi connectivity index (χ0v) is 13.6. The Morgan fingerprint density at radius 1 is 1.57 bits per heavy atom. The maximum absolute atomic E-state index is 11.5. The molecular formula is C12H9BrClN3O3S. The van der Waals surface area contributed by atoms with Crippen LogP contribution in [0, 0.1) is 0 Å². The first-order valence-corrected chi connectivity index (χ1v) is 7.76. The van der Waals surface area contributed by atoms with Crippen molar-refractivity contribution in [2.45, 2.75) is 11.7 Å². The van der Waals surface area contributed by atoms with Crippen LogP contribution in [0.4, 0.5) is 0 Å². The average Bonchev–Trinajstić information content (AvgIpc) is 2.73. The fourth-order valence-corrected chi connectivity index (χ4v) is 2.95. The second-order valence-electron chi connectivity index (χ2n) is 4.01.